The van der Waals surface area contributed by atoms with E-state index < -0.39 is 13.9 Å². The minimum atomic E-state index is -1.93. The van der Waals surface area contributed by atoms with Crippen molar-refractivity contribution in [3.8, 4) is 0 Å². The predicted octanol–water partition coefficient (Wildman–Crippen LogP) is 3.52. The van der Waals surface area contributed by atoms with Crippen molar-refractivity contribution in [1.82, 2.24) is 10.2 Å². The molecular formula is C19H36N2O4Si. The van der Waals surface area contributed by atoms with Gasteiger partial charge in [0.15, 0.2) is 8.32 Å². The van der Waals surface area contributed by atoms with Crippen LogP contribution in [-0.4, -0.2) is 56.1 Å². The fourth-order valence-corrected chi connectivity index (χ4v) is 4.74. The van der Waals surface area contributed by atoms with Gasteiger partial charge in [-0.25, -0.2) is 4.79 Å². The molecular weight excluding hydrogens is 348 g/mol. The van der Waals surface area contributed by atoms with Gasteiger partial charge in [0.1, 0.15) is 5.60 Å². The van der Waals surface area contributed by atoms with E-state index in [-0.39, 0.29) is 35.1 Å². The molecule has 0 radical (unpaired) electrons. The smallest absolute Gasteiger partial charge is 0.410 e. The lowest BCUT2D eigenvalue weighted by Gasteiger charge is -2.38. The molecule has 0 spiro atoms. The topological polar surface area (TPSA) is 67.9 Å². The Balaban J connectivity index is 2.15. The minimum Gasteiger partial charge on any atom is -0.444 e. The summed E-state index contributed by atoms with van der Waals surface area (Å²) in [5.41, 5.74) is -0.538. The van der Waals surface area contributed by atoms with E-state index in [9.17, 15) is 9.59 Å². The molecule has 0 aliphatic carbocycles. The van der Waals surface area contributed by atoms with Crippen LogP contribution in [0.5, 0.6) is 0 Å². The summed E-state index contributed by atoms with van der Waals surface area (Å²) in [6.45, 7) is 17.9. The average molecular weight is 385 g/mol. The summed E-state index contributed by atoms with van der Waals surface area (Å²) in [5, 5.41) is 3.01. The van der Waals surface area contributed by atoms with Gasteiger partial charge >= 0.3 is 6.09 Å². The van der Waals surface area contributed by atoms with Gasteiger partial charge in [-0.05, 0) is 45.3 Å². The molecule has 3 atom stereocenters. The molecule has 0 aromatic heterocycles. The Morgan fingerprint density at radius 1 is 1.19 bits per heavy atom. The van der Waals surface area contributed by atoms with Gasteiger partial charge < -0.3 is 19.4 Å². The number of nitrogens with zero attached hydrogens (tertiary/aromatic N) is 1. The molecule has 6 nitrogen and oxygen atoms in total. The number of ether oxygens (including phenoxy) is 1. The van der Waals surface area contributed by atoms with Gasteiger partial charge in [-0.3, -0.25) is 4.79 Å². The third-order valence-corrected chi connectivity index (χ3v) is 10.3. The van der Waals surface area contributed by atoms with Gasteiger partial charge in [0.2, 0.25) is 5.91 Å². The SMILES string of the molecule is CC(C)(C)OC(=O)N1C[C@H](O[Si](C)(C)C(C)(C)C)C[C@H]1C1CNC(=O)C1. The number of hydrogen-bond acceptors (Lipinski definition) is 4. The van der Waals surface area contributed by atoms with E-state index >= 15 is 0 Å². The molecule has 0 bridgehead atoms. The highest BCUT2D eigenvalue weighted by atomic mass is 28.4. The fourth-order valence-electron chi connectivity index (χ4n) is 3.38. The third-order valence-electron chi connectivity index (χ3n) is 5.75. The Morgan fingerprint density at radius 2 is 1.81 bits per heavy atom. The Kier molecular flexibility index (Phi) is 5.83. The molecule has 1 unspecified atom stereocenters. The zero-order chi connectivity index (χ0) is 19.9. The van der Waals surface area contributed by atoms with E-state index in [0.29, 0.717) is 19.5 Å². The standard InChI is InChI=1S/C19H36N2O4Si/c1-18(2,3)24-17(23)21-12-14(25-26(7,8)19(4,5)6)10-15(21)13-9-16(22)20-11-13/h13-15H,9-12H2,1-8H3,(H,20,22)/t13?,14-,15+/m1/s1. The van der Waals surface area contributed by atoms with Crippen LogP contribution < -0.4 is 5.32 Å². The quantitative estimate of drug-likeness (QED) is 0.756. The first kappa shape index (κ1) is 21.2. The van der Waals surface area contributed by atoms with Gasteiger partial charge in [0.25, 0.3) is 0 Å². The molecule has 2 saturated heterocycles. The first-order valence-electron chi connectivity index (χ1n) is 9.64. The molecule has 2 heterocycles. The number of carbonyl (C=O) groups is 2. The van der Waals surface area contributed by atoms with Crippen LogP contribution in [0.25, 0.3) is 0 Å². The summed E-state index contributed by atoms with van der Waals surface area (Å²) >= 11 is 0. The van der Waals surface area contributed by atoms with Crippen LogP contribution in [0.3, 0.4) is 0 Å². The highest BCUT2D eigenvalue weighted by Gasteiger charge is 2.47. The maximum atomic E-state index is 12.8. The zero-order valence-corrected chi connectivity index (χ0v) is 18.6. The molecule has 150 valence electrons. The lowest BCUT2D eigenvalue weighted by molar-refractivity contribution is -0.119. The summed E-state index contributed by atoms with van der Waals surface area (Å²) in [7, 11) is -1.93. The second kappa shape index (κ2) is 7.15. The van der Waals surface area contributed by atoms with Crippen molar-refractivity contribution >= 4 is 20.3 Å². The number of nitrogens with one attached hydrogen (secondary N) is 1. The predicted molar refractivity (Wildman–Crippen MR) is 105 cm³/mol. The monoisotopic (exact) mass is 384 g/mol. The molecule has 1 N–H and O–H groups in total. The number of carbonyl (C=O) groups excluding carboxylic acids is 2. The first-order chi connectivity index (χ1) is 11.7. The van der Waals surface area contributed by atoms with Crippen LogP contribution in [-0.2, 0) is 14.0 Å². The molecule has 2 amide bonds. The van der Waals surface area contributed by atoms with Crippen LogP contribution in [0.2, 0.25) is 18.1 Å². The molecule has 0 aromatic carbocycles. The van der Waals surface area contributed by atoms with Crippen LogP contribution in [0, 0.1) is 5.92 Å². The first-order valence-corrected chi connectivity index (χ1v) is 12.5. The summed E-state index contributed by atoms with van der Waals surface area (Å²) in [6, 6.07) is -0.0152. The third kappa shape index (κ3) is 5.00. The lowest BCUT2D eigenvalue weighted by atomic mass is 9.96. The lowest BCUT2D eigenvalue weighted by Crippen LogP contribution is -2.45. The van der Waals surface area contributed by atoms with Crippen molar-refractivity contribution in [2.24, 2.45) is 5.92 Å². The van der Waals surface area contributed by atoms with E-state index in [1.54, 1.807) is 4.90 Å². The Bertz CT molecular complexity index is 551. The van der Waals surface area contributed by atoms with Crippen molar-refractivity contribution in [2.75, 3.05) is 13.1 Å². The molecule has 0 aromatic rings. The summed E-state index contributed by atoms with van der Waals surface area (Å²) in [5.74, 6) is 0.191. The maximum Gasteiger partial charge on any atom is 0.410 e. The largest absolute Gasteiger partial charge is 0.444 e. The van der Waals surface area contributed by atoms with Gasteiger partial charge in [0, 0.05) is 31.5 Å². The normalized spacial score (nSPS) is 27.6. The second-order valence-electron chi connectivity index (χ2n) is 10.2. The summed E-state index contributed by atoms with van der Waals surface area (Å²) < 4.78 is 12.2. The van der Waals surface area contributed by atoms with E-state index in [2.05, 4.69) is 39.2 Å². The van der Waals surface area contributed by atoms with Crippen LogP contribution in [0.4, 0.5) is 4.79 Å². The molecule has 2 aliphatic heterocycles. The zero-order valence-electron chi connectivity index (χ0n) is 17.6. The van der Waals surface area contributed by atoms with Crippen LogP contribution >= 0.6 is 0 Å². The number of hydrogen-bond donors (Lipinski definition) is 1. The highest BCUT2D eigenvalue weighted by Crippen LogP contribution is 2.40. The number of likely N-dealkylation sites (tertiary alicyclic amines) is 1. The number of amides is 2. The summed E-state index contributed by atoms with van der Waals surface area (Å²) in [6.07, 6.45) is 0.939. The molecule has 7 heteroatoms. The van der Waals surface area contributed by atoms with Crippen LogP contribution in [0.15, 0.2) is 0 Å². The van der Waals surface area contributed by atoms with Crippen molar-refractivity contribution in [2.45, 2.75) is 90.3 Å². The maximum absolute atomic E-state index is 12.8. The Hall–Kier alpha value is -1.08. The van der Waals surface area contributed by atoms with Crippen LogP contribution in [0.1, 0.15) is 54.4 Å². The number of rotatable bonds is 3. The van der Waals surface area contributed by atoms with E-state index in [4.69, 9.17) is 9.16 Å². The molecule has 2 rings (SSSR count). The Labute approximate surface area is 159 Å². The van der Waals surface area contributed by atoms with E-state index in [1.807, 2.05) is 20.8 Å². The van der Waals surface area contributed by atoms with Gasteiger partial charge in [0.05, 0.1) is 6.10 Å². The molecule has 2 fully saturated rings. The van der Waals surface area contributed by atoms with E-state index in [0.717, 1.165) is 6.42 Å². The minimum absolute atomic E-state index is 0.00381. The highest BCUT2D eigenvalue weighted by molar-refractivity contribution is 6.74. The second-order valence-corrected chi connectivity index (χ2v) is 15.0. The van der Waals surface area contributed by atoms with Crippen molar-refractivity contribution < 1.29 is 18.8 Å². The average Bonchev–Trinajstić information content (AvgIpc) is 3.01. The van der Waals surface area contributed by atoms with E-state index in [1.165, 1.54) is 0 Å². The molecule has 0 saturated carbocycles. The van der Waals surface area contributed by atoms with Gasteiger partial charge in [-0.15, -0.1) is 0 Å². The van der Waals surface area contributed by atoms with Crippen molar-refractivity contribution in [1.29, 1.82) is 0 Å². The van der Waals surface area contributed by atoms with Gasteiger partial charge in [-0.1, -0.05) is 20.8 Å². The van der Waals surface area contributed by atoms with Crippen molar-refractivity contribution in [3.05, 3.63) is 0 Å². The molecule has 26 heavy (non-hydrogen) atoms. The van der Waals surface area contributed by atoms with Gasteiger partial charge in [-0.2, -0.15) is 0 Å². The van der Waals surface area contributed by atoms with Crippen molar-refractivity contribution in [3.63, 3.8) is 0 Å². The molecule has 2 aliphatic rings. The summed E-state index contributed by atoms with van der Waals surface area (Å²) in [4.78, 5) is 26.3. The fraction of sp³-hybridized carbons (Fsp3) is 0.895. The Morgan fingerprint density at radius 3 is 2.27 bits per heavy atom.